The standard InChI is InChI=1S/C58H39NO/c1-2-11-40(12-3-1)49-17-9-18-53(39-49)59(52-35-31-45(32-36-52)54-20-10-21-56-55-19-6-7-22-57(55)60-58(54)56)51-33-29-43(30-34-51)42-23-25-44(26-24-42)47-15-8-16-48(37-47)50-28-27-41-13-4-5-14-46(41)38-50/h1-39H. The Morgan fingerprint density at radius 1 is 0.267 bits per heavy atom. The second kappa shape index (κ2) is 15.1. The van der Waals surface area contributed by atoms with Crippen LogP contribution in [-0.4, -0.2) is 0 Å². The molecule has 0 aliphatic carbocycles. The summed E-state index contributed by atoms with van der Waals surface area (Å²) < 4.78 is 6.41. The van der Waals surface area contributed by atoms with Gasteiger partial charge in [0.25, 0.3) is 0 Å². The third-order valence-electron chi connectivity index (χ3n) is 11.7. The minimum Gasteiger partial charge on any atom is -0.455 e. The Balaban J connectivity index is 0.912. The van der Waals surface area contributed by atoms with Crippen LogP contribution in [0.5, 0.6) is 0 Å². The van der Waals surface area contributed by atoms with Crippen LogP contribution in [-0.2, 0) is 0 Å². The Labute approximate surface area is 349 Å². The van der Waals surface area contributed by atoms with E-state index in [1.54, 1.807) is 0 Å². The lowest BCUT2D eigenvalue weighted by atomic mass is 9.96. The molecule has 2 heteroatoms. The molecule has 1 aromatic heterocycles. The number of rotatable bonds is 8. The van der Waals surface area contributed by atoms with Gasteiger partial charge in [-0.3, -0.25) is 0 Å². The van der Waals surface area contributed by atoms with Gasteiger partial charge in [-0.1, -0.05) is 182 Å². The van der Waals surface area contributed by atoms with Crippen molar-refractivity contribution in [1.82, 2.24) is 0 Å². The summed E-state index contributed by atoms with van der Waals surface area (Å²) >= 11 is 0. The van der Waals surface area contributed by atoms with Crippen molar-refractivity contribution in [2.45, 2.75) is 0 Å². The predicted molar refractivity (Wildman–Crippen MR) is 253 cm³/mol. The number of furan rings is 1. The fraction of sp³-hybridized carbons (Fsp3) is 0. The van der Waals surface area contributed by atoms with Crippen LogP contribution in [0.4, 0.5) is 17.1 Å². The highest BCUT2D eigenvalue weighted by atomic mass is 16.3. The minimum atomic E-state index is 0.906. The van der Waals surface area contributed by atoms with Crippen molar-refractivity contribution < 1.29 is 4.42 Å². The van der Waals surface area contributed by atoms with Crippen LogP contribution in [0.1, 0.15) is 0 Å². The van der Waals surface area contributed by atoms with Gasteiger partial charge in [0, 0.05) is 33.4 Å². The first-order valence-corrected chi connectivity index (χ1v) is 20.5. The molecule has 0 atom stereocenters. The molecule has 60 heavy (non-hydrogen) atoms. The Bertz CT molecular complexity index is 3290. The van der Waals surface area contributed by atoms with Gasteiger partial charge in [-0.05, 0) is 115 Å². The molecule has 0 saturated heterocycles. The van der Waals surface area contributed by atoms with Crippen LogP contribution < -0.4 is 4.90 Å². The molecule has 0 aliphatic heterocycles. The molecule has 2 nitrogen and oxygen atoms in total. The molecule has 1 heterocycles. The minimum absolute atomic E-state index is 0.906. The highest BCUT2D eigenvalue weighted by molar-refractivity contribution is 6.09. The Kier molecular flexibility index (Phi) is 8.87. The van der Waals surface area contributed by atoms with Gasteiger partial charge in [0.05, 0.1) is 0 Å². The summed E-state index contributed by atoms with van der Waals surface area (Å²) in [7, 11) is 0. The van der Waals surface area contributed by atoms with E-state index < -0.39 is 0 Å². The molecule has 0 radical (unpaired) electrons. The van der Waals surface area contributed by atoms with Crippen molar-refractivity contribution in [3.05, 3.63) is 237 Å². The first-order chi connectivity index (χ1) is 29.7. The zero-order valence-corrected chi connectivity index (χ0v) is 32.9. The van der Waals surface area contributed by atoms with Crippen molar-refractivity contribution in [3.63, 3.8) is 0 Å². The molecule has 0 amide bonds. The molecule has 0 bridgehead atoms. The third kappa shape index (κ3) is 6.61. The third-order valence-corrected chi connectivity index (χ3v) is 11.7. The van der Waals surface area contributed by atoms with Gasteiger partial charge in [-0.25, -0.2) is 0 Å². The summed E-state index contributed by atoms with van der Waals surface area (Å²) in [5, 5.41) is 4.78. The topological polar surface area (TPSA) is 16.4 Å². The highest BCUT2D eigenvalue weighted by Crippen LogP contribution is 2.41. The Morgan fingerprint density at radius 2 is 0.750 bits per heavy atom. The SMILES string of the molecule is c1ccc(-c2cccc(N(c3ccc(-c4ccc(-c5cccc(-c6ccc7ccccc7c6)c5)cc4)cc3)c3ccc(-c4cccc5c4oc4ccccc45)cc3)c2)cc1. The normalized spacial score (nSPS) is 11.3. The molecule has 0 unspecified atom stereocenters. The van der Waals surface area contributed by atoms with Gasteiger partial charge in [-0.15, -0.1) is 0 Å². The maximum Gasteiger partial charge on any atom is 0.143 e. The van der Waals surface area contributed by atoms with Crippen LogP contribution in [0.2, 0.25) is 0 Å². The van der Waals surface area contributed by atoms with Crippen LogP contribution in [0.3, 0.4) is 0 Å². The first-order valence-electron chi connectivity index (χ1n) is 20.5. The smallest absolute Gasteiger partial charge is 0.143 e. The summed E-state index contributed by atoms with van der Waals surface area (Å²) in [5.74, 6) is 0. The van der Waals surface area contributed by atoms with Gasteiger partial charge in [0.2, 0.25) is 0 Å². The molecular formula is C58H39NO. The largest absolute Gasteiger partial charge is 0.455 e. The summed E-state index contributed by atoms with van der Waals surface area (Å²) in [6, 6.07) is 84.8. The number of anilines is 3. The molecule has 0 saturated carbocycles. The van der Waals surface area contributed by atoms with Crippen LogP contribution in [0.25, 0.3) is 88.3 Å². The van der Waals surface area contributed by atoms with E-state index >= 15 is 0 Å². The van der Waals surface area contributed by atoms with E-state index in [2.05, 4.69) is 229 Å². The van der Waals surface area contributed by atoms with Crippen molar-refractivity contribution >= 4 is 49.8 Å². The number of fused-ring (bicyclic) bond motifs is 4. The Hall–Kier alpha value is -7.94. The average molecular weight is 766 g/mol. The maximum atomic E-state index is 6.41. The monoisotopic (exact) mass is 765 g/mol. The second-order valence-electron chi connectivity index (χ2n) is 15.3. The zero-order chi connectivity index (χ0) is 39.8. The van der Waals surface area contributed by atoms with E-state index in [0.717, 1.165) is 50.1 Å². The maximum absolute atomic E-state index is 6.41. The molecule has 0 aliphatic rings. The predicted octanol–water partition coefficient (Wildman–Crippen LogP) is 16.5. The van der Waals surface area contributed by atoms with E-state index in [1.807, 2.05) is 12.1 Å². The summed E-state index contributed by atoms with van der Waals surface area (Å²) in [5.41, 5.74) is 16.8. The molecule has 11 aromatic rings. The molecule has 0 N–H and O–H groups in total. The number of hydrogen-bond acceptors (Lipinski definition) is 2. The first kappa shape index (κ1) is 35.2. The van der Waals surface area contributed by atoms with E-state index in [1.165, 1.54) is 55.3 Å². The molecule has 282 valence electrons. The van der Waals surface area contributed by atoms with Crippen molar-refractivity contribution in [2.75, 3.05) is 4.90 Å². The van der Waals surface area contributed by atoms with Gasteiger partial charge in [0.1, 0.15) is 11.2 Å². The van der Waals surface area contributed by atoms with Gasteiger partial charge in [0.15, 0.2) is 0 Å². The Morgan fingerprint density at radius 3 is 1.50 bits per heavy atom. The summed E-state index contributed by atoms with van der Waals surface area (Å²) in [4.78, 5) is 2.34. The fourth-order valence-electron chi connectivity index (χ4n) is 8.57. The van der Waals surface area contributed by atoms with E-state index in [0.29, 0.717) is 0 Å². The van der Waals surface area contributed by atoms with Gasteiger partial charge < -0.3 is 9.32 Å². The van der Waals surface area contributed by atoms with Gasteiger partial charge in [-0.2, -0.15) is 0 Å². The molecular weight excluding hydrogens is 727 g/mol. The van der Waals surface area contributed by atoms with Crippen molar-refractivity contribution in [1.29, 1.82) is 0 Å². The quantitative estimate of drug-likeness (QED) is 0.153. The molecule has 11 rings (SSSR count). The van der Waals surface area contributed by atoms with E-state index in [9.17, 15) is 0 Å². The number of hydrogen-bond donors (Lipinski definition) is 0. The number of nitrogens with zero attached hydrogens (tertiary/aromatic N) is 1. The molecule has 10 aromatic carbocycles. The van der Waals surface area contributed by atoms with Gasteiger partial charge >= 0.3 is 0 Å². The lowest BCUT2D eigenvalue weighted by Gasteiger charge is -2.26. The lowest BCUT2D eigenvalue weighted by Crippen LogP contribution is -2.10. The fourth-order valence-corrected chi connectivity index (χ4v) is 8.57. The molecule has 0 fully saturated rings. The van der Waals surface area contributed by atoms with Crippen LogP contribution in [0, 0.1) is 0 Å². The zero-order valence-electron chi connectivity index (χ0n) is 32.9. The second-order valence-corrected chi connectivity index (χ2v) is 15.3. The lowest BCUT2D eigenvalue weighted by molar-refractivity contribution is 0.670. The van der Waals surface area contributed by atoms with Crippen LogP contribution in [0.15, 0.2) is 241 Å². The highest BCUT2D eigenvalue weighted by Gasteiger charge is 2.16. The summed E-state index contributed by atoms with van der Waals surface area (Å²) in [6.07, 6.45) is 0. The van der Waals surface area contributed by atoms with Crippen molar-refractivity contribution in [2.24, 2.45) is 0 Å². The average Bonchev–Trinajstić information content (AvgIpc) is 3.72. The van der Waals surface area contributed by atoms with Crippen molar-refractivity contribution in [3.8, 4) is 55.6 Å². The number of benzene rings is 10. The number of para-hydroxylation sites is 2. The summed E-state index contributed by atoms with van der Waals surface area (Å²) in [6.45, 7) is 0. The van der Waals surface area contributed by atoms with E-state index in [4.69, 9.17) is 4.42 Å². The molecule has 0 spiro atoms. The van der Waals surface area contributed by atoms with E-state index in [-0.39, 0.29) is 0 Å². The van der Waals surface area contributed by atoms with Crippen LogP contribution >= 0.6 is 0 Å².